The lowest BCUT2D eigenvalue weighted by atomic mass is 9.99. The van der Waals surface area contributed by atoms with Gasteiger partial charge in [-0.15, -0.1) is 0 Å². The van der Waals surface area contributed by atoms with Crippen molar-refractivity contribution in [3.05, 3.63) is 0 Å². The molecule has 2 rings (SSSR count). The fourth-order valence-electron chi connectivity index (χ4n) is 2.69. The number of carbonyl (C=O) groups excluding carboxylic acids is 1. The summed E-state index contributed by atoms with van der Waals surface area (Å²) in [6, 6.07) is 0.646. The first-order chi connectivity index (χ1) is 8.09. The van der Waals surface area contributed by atoms with Gasteiger partial charge < -0.3 is 10.5 Å². The van der Waals surface area contributed by atoms with Gasteiger partial charge in [-0.1, -0.05) is 6.42 Å². The first-order valence-electron chi connectivity index (χ1n) is 6.51. The molecule has 2 aliphatic rings. The molecule has 2 fully saturated rings. The highest BCUT2D eigenvalue weighted by Crippen LogP contribution is 2.21. The molecular formula is C12H23N3O2. The number of nitrogens with two attached hydrogens (primary N) is 1. The van der Waals surface area contributed by atoms with E-state index in [0.29, 0.717) is 25.3 Å². The molecule has 0 aromatic rings. The lowest BCUT2D eigenvalue weighted by molar-refractivity contribution is -0.133. The van der Waals surface area contributed by atoms with Crippen molar-refractivity contribution in [2.75, 3.05) is 13.2 Å². The highest BCUT2D eigenvalue weighted by molar-refractivity contribution is 5.79. The van der Waals surface area contributed by atoms with Crippen LogP contribution in [0.15, 0.2) is 0 Å². The van der Waals surface area contributed by atoms with Crippen molar-refractivity contribution in [2.24, 2.45) is 11.7 Å². The van der Waals surface area contributed by atoms with Gasteiger partial charge >= 0.3 is 0 Å². The van der Waals surface area contributed by atoms with Crippen LogP contribution >= 0.6 is 0 Å². The number of hydrogen-bond donors (Lipinski definition) is 2. The minimum absolute atomic E-state index is 0.00981. The number of hydrazine groups is 1. The van der Waals surface area contributed by atoms with E-state index in [9.17, 15) is 4.79 Å². The number of amides is 1. The third kappa shape index (κ3) is 2.78. The van der Waals surface area contributed by atoms with Gasteiger partial charge in [0.25, 0.3) is 0 Å². The van der Waals surface area contributed by atoms with Crippen LogP contribution in [0.3, 0.4) is 0 Å². The number of ether oxygens (including phenoxy) is 1. The maximum atomic E-state index is 12.1. The molecule has 0 spiro atoms. The van der Waals surface area contributed by atoms with Crippen LogP contribution in [-0.2, 0) is 9.53 Å². The summed E-state index contributed by atoms with van der Waals surface area (Å²) in [7, 11) is 0. The smallest absolute Gasteiger partial charge is 0.241 e. The zero-order chi connectivity index (χ0) is 12.4. The van der Waals surface area contributed by atoms with Crippen LogP contribution < -0.4 is 11.2 Å². The van der Waals surface area contributed by atoms with Gasteiger partial charge in [0, 0.05) is 18.1 Å². The lowest BCUT2D eigenvalue weighted by Gasteiger charge is -2.39. The fourth-order valence-corrected chi connectivity index (χ4v) is 2.69. The van der Waals surface area contributed by atoms with Gasteiger partial charge in [0.1, 0.15) is 0 Å². The normalized spacial score (nSPS) is 39.2. The second-order valence-electron chi connectivity index (χ2n) is 5.32. The highest BCUT2D eigenvalue weighted by Gasteiger charge is 2.34. The fraction of sp³-hybridized carbons (Fsp3) is 0.917. The van der Waals surface area contributed by atoms with E-state index in [1.54, 1.807) is 0 Å². The van der Waals surface area contributed by atoms with Crippen LogP contribution in [-0.4, -0.2) is 42.3 Å². The zero-order valence-corrected chi connectivity index (χ0v) is 10.7. The molecule has 1 amide bonds. The van der Waals surface area contributed by atoms with Crippen LogP contribution in [0.4, 0.5) is 0 Å². The van der Waals surface area contributed by atoms with E-state index in [1.807, 2.05) is 0 Å². The van der Waals surface area contributed by atoms with Crippen LogP contribution in [0.1, 0.15) is 33.1 Å². The zero-order valence-electron chi connectivity index (χ0n) is 10.7. The van der Waals surface area contributed by atoms with E-state index in [0.717, 1.165) is 12.8 Å². The summed E-state index contributed by atoms with van der Waals surface area (Å²) < 4.78 is 5.23. The average Bonchev–Trinajstić information content (AvgIpc) is 2.70. The molecule has 2 heterocycles. The van der Waals surface area contributed by atoms with Crippen LogP contribution in [0.5, 0.6) is 0 Å². The molecule has 0 radical (unpaired) electrons. The van der Waals surface area contributed by atoms with E-state index in [2.05, 4.69) is 24.3 Å². The SMILES string of the molecule is CC1CCCC(C)N1NC(=O)C1COCC1N. The van der Waals surface area contributed by atoms with Gasteiger partial charge in [-0.25, -0.2) is 5.01 Å². The molecular weight excluding hydrogens is 218 g/mol. The Bertz CT molecular complexity index is 275. The number of hydrogen-bond acceptors (Lipinski definition) is 4. The predicted octanol–water partition coefficient (Wildman–Crippen LogP) is 0.254. The molecule has 2 aliphatic heterocycles. The summed E-state index contributed by atoms with van der Waals surface area (Å²) in [5.41, 5.74) is 8.88. The molecule has 2 saturated heterocycles. The van der Waals surface area contributed by atoms with E-state index in [-0.39, 0.29) is 17.9 Å². The van der Waals surface area contributed by atoms with Gasteiger partial charge in [-0.2, -0.15) is 0 Å². The Morgan fingerprint density at radius 1 is 1.29 bits per heavy atom. The summed E-state index contributed by atoms with van der Waals surface area (Å²) in [4.78, 5) is 12.1. The lowest BCUT2D eigenvalue weighted by Crippen LogP contribution is -2.56. The summed E-state index contributed by atoms with van der Waals surface area (Å²) in [6.07, 6.45) is 3.51. The molecule has 0 aliphatic carbocycles. The number of nitrogens with one attached hydrogen (secondary N) is 1. The van der Waals surface area contributed by atoms with Crippen LogP contribution in [0, 0.1) is 5.92 Å². The Kier molecular flexibility index (Phi) is 4.01. The van der Waals surface area contributed by atoms with Gasteiger partial charge in [-0.3, -0.25) is 10.2 Å². The molecule has 5 heteroatoms. The van der Waals surface area contributed by atoms with Gasteiger partial charge in [0.2, 0.25) is 5.91 Å². The molecule has 98 valence electrons. The van der Waals surface area contributed by atoms with Crippen molar-refractivity contribution < 1.29 is 9.53 Å². The predicted molar refractivity (Wildman–Crippen MR) is 65.0 cm³/mol. The Labute approximate surface area is 103 Å². The van der Waals surface area contributed by atoms with Crippen LogP contribution in [0.25, 0.3) is 0 Å². The van der Waals surface area contributed by atoms with E-state index < -0.39 is 0 Å². The first kappa shape index (κ1) is 12.8. The Morgan fingerprint density at radius 2 is 1.94 bits per heavy atom. The van der Waals surface area contributed by atoms with Crippen molar-refractivity contribution in [2.45, 2.75) is 51.2 Å². The Morgan fingerprint density at radius 3 is 2.47 bits per heavy atom. The number of carbonyl (C=O) groups is 1. The van der Waals surface area contributed by atoms with Crippen molar-refractivity contribution in [1.29, 1.82) is 0 Å². The molecule has 0 aromatic carbocycles. The Balaban J connectivity index is 1.92. The molecule has 4 unspecified atom stereocenters. The minimum atomic E-state index is -0.198. The van der Waals surface area contributed by atoms with Gasteiger partial charge in [-0.05, 0) is 26.7 Å². The maximum Gasteiger partial charge on any atom is 0.241 e. The summed E-state index contributed by atoms with van der Waals surface area (Å²) in [5, 5.41) is 2.08. The summed E-state index contributed by atoms with van der Waals surface area (Å²) in [5.74, 6) is -0.188. The summed E-state index contributed by atoms with van der Waals surface area (Å²) >= 11 is 0. The van der Waals surface area contributed by atoms with Crippen molar-refractivity contribution in [1.82, 2.24) is 10.4 Å². The monoisotopic (exact) mass is 241 g/mol. The molecule has 5 nitrogen and oxygen atoms in total. The molecule has 0 saturated carbocycles. The Hall–Kier alpha value is -0.650. The average molecular weight is 241 g/mol. The number of rotatable bonds is 2. The molecule has 0 aromatic heterocycles. The largest absolute Gasteiger partial charge is 0.379 e. The quantitative estimate of drug-likeness (QED) is 0.727. The number of piperidine rings is 1. The maximum absolute atomic E-state index is 12.1. The van der Waals surface area contributed by atoms with Crippen molar-refractivity contribution in [3.63, 3.8) is 0 Å². The van der Waals surface area contributed by atoms with Gasteiger partial charge in [0.15, 0.2) is 0 Å². The van der Waals surface area contributed by atoms with E-state index in [4.69, 9.17) is 10.5 Å². The molecule has 4 atom stereocenters. The second kappa shape index (κ2) is 5.33. The third-order valence-corrected chi connectivity index (χ3v) is 3.89. The van der Waals surface area contributed by atoms with Crippen molar-refractivity contribution >= 4 is 5.91 Å². The summed E-state index contributed by atoms with van der Waals surface area (Å²) in [6.45, 7) is 5.24. The number of nitrogens with zero attached hydrogens (tertiary/aromatic N) is 1. The van der Waals surface area contributed by atoms with Gasteiger partial charge in [0.05, 0.1) is 19.1 Å². The standard InChI is InChI=1S/C12H23N3O2/c1-8-4-3-5-9(2)15(8)14-12(16)10-6-17-7-11(10)13/h8-11H,3-7,13H2,1-2H3,(H,14,16). The highest BCUT2D eigenvalue weighted by atomic mass is 16.5. The van der Waals surface area contributed by atoms with E-state index in [1.165, 1.54) is 6.42 Å². The van der Waals surface area contributed by atoms with Crippen LogP contribution in [0.2, 0.25) is 0 Å². The van der Waals surface area contributed by atoms with E-state index >= 15 is 0 Å². The topological polar surface area (TPSA) is 67.6 Å². The second-order valence-corrected chi connectivity index (χ2v) is 5.32. The minimum Gasteiger partial charge on any atom is -0.379 e. The molecule has 17 heavy (non-hydrogen) atoms. The van der Waals surface area contributed by atoms with Crippen molar-refractivity contribution in [3.8, 4) is 0 Å². The third-order valence-electron chi connectivity index (χ3n) is 3.89. The molecule has 3 N–H and O–H groups in total. The molecule has 0 bridgehead atoms. The first-order valence-corrected chi connectivity index (χ1v) is 6.51.